The number of Topliss-reactive ketones (excluding diaryl/α,β-unsaturated/α-hetero) is 2. The number of rotatable bonds is 1. The van der Waals surface area contributed by atoms with Gasteiger partial charge in [-0.15, -0.1) is 12.3 Å². The van der Waals surface area contributed by atoms with E-state index in [1.54, 1.807) is 0 Å². The zero-order chi connectivity index (χ0) is 7.56. The predicted octanol–water partition coefficient (Wildman–Crippen LogP) is 0.558. The molecule has 0 aliphatic heterocycles. The van der Waals surface area contributed by atoms with E-state index in [2.05, 4.69) is 5.92 Å². The van der Waals surface area contributed by atoms with Gasteiger partial charge in [0.25, 0.3) is 0 Å². The Morgan fingerprint density at radius 3 is 2.30 bits per heavy atom. The van der Waals surface area contributed by atoms with Crippen LogP contribution in [0.5, 0.6) is 0 Å². The van der Waals surface area contributed by atoms with E-state index in [0.29, 0.717) is 12.8 Å². The molecule has 0 spiro atoms. The van der Waals surface area contributed by atoms with Gasteiger partial charge in [0.1, 0.15) is 11.6 Å². The highest BCUT2D eigenvalue weighted by Gasteiger charge is 2.31. The number of ketones is 2. The minimum Gasteiger partial charge on any atom is -0.299 e. The highest BCUT2D eigenvalue weighted by atomic mass is 16.2. The summed E-state index contributed by atoms with van der Waals surface area (Å²) in [5, 5.41) is 0. The van der Waals surface area contributed by atoms with Crippen molar-refractivity contribution < 1.29 is 9.59 Å². The molecule has 0 aromatic rings. The Morgan fingerprint density at radius 2 is 1.90 bits per heavy atom. The third kappa shape index (κ3) is 1.08. The van der Waals surface area contributed by atoms with Crippen molar-refractivity contribution >= 4 is 11.6 Å². The average Bonchev–Trinajstić information content (AvgIpc) is 2.20. The standard InChI is InChI=1S/C8H8O2/c1-2-3-6-7(9)4-5-8(6)10/h1,6H,3-5H2. The van der Waals surface area contributed by atoms with Gasteiger partial charge in [0.2, 0.25) is 0 Å². The molecular weight excluding hydrogens is 128 g/mol. The van der Waals surface area contributed by atoms with E-state index < -0.39 is 5.92 Å². The van der Waals surface area contributed by atoms with E-state index in [0.717, 1.165) is 0 Å². The van der Waals surface area contributed by atoms with Crippen LogP contribution in [0, 0.1) is 18.3 Å². The van der Waals surface area contributed by atoms with Gasteiger partial charge in [-0.05, 0) is 0 Å². The van der Waals surface area contributed by atoms with Crippen LogP contribution in [0.3, 0.4) is 0 Å². The number of carbonyl (C=O) groups excluding carboxylic acids is 2. The Bertz CT molecular complexity index is 194. The van der Waals surface area contributed by atoms with E-state index in [9.17, 15) is 9.59 Å². The van der Waals surface area contributed by atoms with Crippen molar-refractivity contribution in [2.24, 2.45) is 5.92 Å². The van der Waals surface area contributed by atoms with Crippen molar-refractivity contribution in [3.63, 3.8) is 0 Å². The van der Waals surface area contributed by atoms with Crippen molar-refractivity contribution in [3.8, 4) is 12.3 Å². The summed E-state index contributed by atoms with van der Waals surface area (Å²) in [6, 6.07) is 0. The lowest BCUT2D eigenvalue weighted by Gasteiger charge is -1.97. The molecule has 0 atom stereocenters. The summed E-state index contributed by atoms with van der Waals surface area (Å²) in [6.07, 6.45) is 6.06. The second-order valence-electron chi connectivity index (χ2n) is 2.39. The largest absolute Gasteiger partial charge is 0.299 e. The zero-order valence-corrected chi connectivity index (χ0v) is 5.59. The van der Waals surface area contributed by atoms with Gasteiger partial charge in [0, 0.05) is 19.3 Å². The molecule has 0 N–H and O–H groups in total. The van der Waals surface area contributed by atoms with Gasteiger partial charge in [0.15, 0.2) is 0 Å². The summed E-state index contributed by atoms with van der Waals surface area (Å²) < 4.78 is 0. The zero-order valence-electron chi connectivity index (χ0n) is 5.59. The molecule has 0 amide bonds. The molecular formula is C8H8O2. The first-order valence-electron chi connectivity index (χ1n) is 3.24. The highest BCUT2D eigenvalue weighted by Crippen LogP contribution is 2.19. The summed E-state index contributed by atoms with van der Waals surface area (Å²) in [7, 11) is 0. The average molecular weight is 136 g/mol. The van der Waals surface area contributed by atoms with Gasteiger partial charge in [-0.25, -0.2) is 0 Å². The molecule has 0 heterocycles. The fourth-order valence-corrected chi connectivity index (χ4v) is 1.12. The Kier molecular flexibility index (Phi) is 1.86. The Labute approximate surface area is 59.6 Å². The summed E-state index contributed by atoms with van der Waals surface area (Å²) in [4.78, 5) is 21.7. The molecule has 1 saturated carbocycles. The summed E-state index contributed by atoms with van der Waals surface area (Å²) in [5.41, 5.74) is 0. The van der Waals surface area contributed by atoms with E-state index in [-0.39, 0.29) is 18.0 Å². The fraction of sp³-hybridized carbons (Fsp3) is 0.500. The van der Waals surface area contributed by atoms with Crippen LogP contribution in [-0.4, -0.2) is 11.6 Å². The monoisotopic (exact) mass is 136 g/mol. The smallest absolute Gasteiger partial charge is 0.144 e. The second-order valence-corrected chi connectivity index (χ2v) is 2.39. The van der Waals surface area contributed by atoms with Gasteiger partial charge in [0.05, 0.1) is 5.92 Å². The van der Waals surface area contributed by atoms with Crippen LogP contribution in [-0.2, 0) is 9.59 Å². The molecule has 0 aromatic carbocycles. The van der Waals surface area contributed by atoms with Gasteiger partial charge < -0.3 is 0 Å². The topological polar surface area (TPSA) is 34.1 Å². The summed E-state index contributed by atoms with van der Waals surface area (Å²) >= 11 is 0. The predicted molar refractivity (Wildman–Crippen MR) is 36.2 cm³/mol. The first-order valence-corrected chi connectivity index (χ1v) is 3.24. The molecule has 1 rings (SSSR count). The lowest BCUT2D eigenvalue weighted by atomic mass is 10.0. The van der Waals surface area contributed by atoms with Crippen molar-refractivity contribution in [2.45, 2.75) is 19.3 Å². The lowest BCUT2D eigenvalue weighted by Crippen LogP contribution is -2.12. The second kappa shape index (κ2) is 2.66. The quantitative estimate of drug-likeness (QED) is 0.390. The molecule has 0 bridgehead atoms. The van der Waals surface area contributed by atoms with Crippen LogP contribution in [0.15, 0.2) is 0 Å². The molecule has 0 unspecified atom stereocenters. The van der Waals surface area contributed by atoms with E-state index >= 15 is 0 Å². The van der Waals surface area contributed by atoms with Gasteiger partial charge in [-0.3, -0.25) is 9.59 Å². The Morgan fingerprint density at radius 1 is 1.40 bits per heavy atom. The van der Waals surface area contributed by atoms with Gasteiger partial charge in [-0.2, -0.15) is 0 Å². The maximum atomic E-state index is 10.9. The van der Waals surface area contributed by atoms with Crippen LogP contribution < -0.4 is 0 Å². The Balaban J connectivity index is 2.65. The molecule has 1 aliphatic carbocycles. The van der Waals surface area contributed by atoms with Crippen molar-refractivity contribution in [2.75, 3.05) is 0 Å². The van der Waals surface area contributed by atoms with Crippen LogP contribution in [0.4, 0.5) is 0 Å². The summed E-state index contributed by atoms with van der Waals surface area (Å²) in [6.45, 7) is 0. The molecule has 0 aromatic heterocycles. The van der Waals surface area contributed by atoms with E-state index in [1.807, 2.05) is 0 Å². The molecule has 0 radical (unpaired) electrons. The Hall–Kier alpha value is -1.10. The van der Waals surface area contributed by atoms with Gasteiger partial charge >= 0.3 is 0 Å². The summed E-state index contributed by atoms with van der Waals surface area (Å²) in [5.74, 6) is 1.89. The third-order valence-corrected chi connectivity index (χ3v) is 1.72. The van der Waals surface area contributed by atoms with Gasteiger partial charge in [-0.1, -0.05) is 0 Å². The molecule has 2 heteroatoms. The molecule has 1 aliphatic rings. The molecule has 0 saturated heterocycles. The third-order valence-electron chi connectivity index (χ3n) is 1.72. The van der Waals surface area contributed by atoms with Crippen LogP contribution in [0.2, 0.25) is 0 Å². The van der Waals surface area contributed by atoms with Crippen LogP contribution in [0.1, 0.15) is 19.3 Å². The van der Waals surface area contributed by atoms with Crippen molar-refractivity contribution in [1.82, 2.24) is 0 Å². The molecule has 1 fully saturated rings. The SMILES string of the molecule is C#CCC1C(=O)CCC1=O. The maximum Gasteiger partial charge on any atom is 0.144 e. The minimum absolute atomic E-state index is 0.0166. The first kappa shape index (κ1) is 7.01. The van der Waals surface area contributed by atoms with Crippen molar-refractivity contribution in [3.05, 3.63) is 0 Å². The van der Waals surface area contributed by atoms with Crippen LogP contribution in [0.25, 0.3) is 0 Å². The van der Waals surface area contributed by atoms with Crippen LogP contribution >= 0.6 is 0 Å². The van der Waals surface area contributed by atoms with E-state index in [1.165, 1.54) is 0 Å². The molecule has 2 nitrogen and oxygen atoms in total. The molecule has 52 valence electrons. The number of hydrogen-bond acceptors (Lipinski definition) is 2. The lowest BCUT2D eigenvalue weighted by molar-refractivity contribution is -0.126. The minimum atomic E-state index is -0.468. The van der Waals surface area contributed by atoms with E-state index in [4.69, 9.17) is 6.42 Å². The highest BCUT2D eigenvalue weighted by molar-refractivity contribution is 6.08. The van der Waals surface area contributed by atoms with Crippen molar-refractivity contribution in [1.29, 1.82) is 0 Å². The number of carbonyl (C=O) groups is 2. The number of terminal acetylenes is 1. The maximum absolute atomic E-state index is 10.9. The molecule has 10 heavy (non-hydrogen) atoms. The normalized spacial score (nSPS) is 19.5. The fourth-order valence-electron chi connectivity index (χ4n) is 1.12. The number of hydrogen-bond donors (Lipinski definition) is 0. The first-order chi connectivity index (χ1) is 4.75.